The highest BCUT2D eigenvalue weighted by atomic mass is 16.3. The van der Waals surface area contributed by atoms with Gasteiger partial charge in [-0.2, -0.15) is 0 Å². The fourth-order valence-electron chi connectivity index (χ4n) is 2.58. The van der Waals surface area contributed by atoms with Crippen molar-refractivity contribution in [3.05, 3.63) is 35.6 Å². The van der Waals surface area contributed by atoms with Crippen LogP contribution in [0, 0.1) is 12.8 Å². The van der Waals surface area contributed by atoms with Gasteiger partial charge in [-0.25, -0.2) is 4.79 Å². The van der Waals surface area contributed by atoms with Crippen LogP contribution >= 0.6 is 0 Å². The van der Waals surface area contributed by atoms with Gasteiger partial charge < -0.3 is 19.7 Å². The van der Waals surface area contributed by atoms with Crippen molar-refractivity contribution in [1.82, 2.24) is 10.2 Å². The SMILES string of the molecule is Cc1c(C(NC(=O)N(C)C(C)CO)C(C)C)oc2ccccc12. The molecule has 0 spiro atoms. The number of urea groups is 1. The maximum Gasteiger partial charge on any atom is 0.318 e. The number of para-hydroxylation sites is 1. The average molecular weight is 318 g/mol. The van der Waals surface area contributed by atoms with Gasteiger partial charge in [0.2, 0.25) is 0 Å². The fourth-order valence-corrected chi connectivity index (χ4v) is 2.58. The van der Waals surface area contributed by atoms with Gasteiger partial charge in [0.05, 0.1) is 18.7 Å². The van der Waals surface area contributed by atoms with E-state index in [0.717, 1.165) is 22.3 Å². The van der Waals surface area contributed by atoms with Gasteiger partial charge in [0.25, 0.3) is 0 Å². The summed E-state index contributed by atoms with van der Waals surface area (Å²) in [4.78, 5) is 13.9. The molecule has 1 aromatic carbocycles. The van der Waals surface area contributed by atoms with Crippen LogP contribution in [0.25, 0.3) is 11.0 Å². The van der Waals surface area contributed by atoms with Crippen molar-refractivity contribution in [3.8, 4) is 0 Å². The zero-order chi connectivity index (χ0) is 17.1. The number of fused-ring (bicyclic) bond motifs is 1. The van der Waals surface area contributed by atoms with Crippen molar-refractivity contribution < 1.29 is 14.3 Å². The Morgan fingerprint density at radius 2 is 1.96 bits per heavy atom. The lowest BCUT2D eigenvalue weighted by atomic mass is 9.98. The summed E-state index contributed by atoms with van der Waals surface area (Å²) in [5.41, 5.74) is 1.88. The molecule has 0 aliphatic heterocycles. The molecule has 0 bridgehead atoms. The van der Waals surface area contributed by atoms with E-state index >= 15 is 0 Å². The molecule has 2 aromatic rings. The molecule has 0 saturated carbocycles. The number of rotatable bonds is 5. The molecule has 1 aromatic heterocycles. The minimum absolute atomic E-state index is 0.0695. The third-order valence-electron chi connectivity index (χ3n) is 4.35. The van der Waals surface area contributed by atoms with E-state index in [1.165, 1.54) is 4.90 Å². The summed E-state index contributed by atoms with van der Waals surface area (Å²) in [7, 11) is 1.68. The number of likely N-dealkylation sites (N-methyl/N-ethyl adjacent to an activating group) is 1. The molecule has 1 heterocycles. The van der Waals surface area contributed by atoms with Crippen LogP contribution in [0.15, 0.2) is 28.7 Å². The Kier molecular flexibility index (Phi) is 5.31. The molecular formula is C18H26N2O3. The minimum atomic E-state index is -0.236. The standard InChI is InChI=1S/C18H26N2O3/c1-11(2)16(19-18(22)20(5)12(3)10-21)17-13(4)14-8-6-7-9-15(14)23-17/h6-9,11-12,16,21H,10H2,1-5H3,(H,19,22). The van der Waals surface area contributed by atoms with Crippen molar-refractivity contribution in [1.29, 1.82) is 0 Å². The molecule has 0 fully saturated rings. The van der Waals surface area contributed by atoms with Gasteiger partial charge in [-0.3, -0.25) is 0 Å². The van der Waals surface area contributed by atoms with Gasteiger partial charge in [0.1, 0.15) is 11.3 Å². The Balaban J connectivity index is 2.31. The highest BCUT2D eigenvalue weighted by Crippen LogP contribution is 2.32. The predicted octanol–water partition coefficient (Wildman–Crippen LogP) is 3.46. The first-order valence-electron chi connectivity index (χ1n) is 7.99. The summed E-state index contributed by atoms with van der Waals surface area (Å²) in [6.45, 7) is 7.85. The molecule has 2 amide bonds. The van der Waals surface area contributed by atoms with Gasteiger partial charge in [-0.1, -0.05) is 32.0 Å². The van der Waals surface area contributed by atoms with E-state index in [1.807, 2.05) is 45.0 Å². The summed E-state index contributed by atoms with van der Waals surface area (Å²) in [5.74, 6) is 0.968. The Hall–Kier alpha value is -2.01. The minimum Gasteiger partial charge on any atom is -0.459 e. The van der Waals surface area contributed by atoms with E-state index in [0.29, 0.717) is 0 Å². The van der Waals surface area contributed by atoms with Crippen LogP contribution < -0.4 is 5.32 Å². The van der Waals surface area contributed by atoms with Crippen molar-refractivity contribution >= 4 is 17.0 Å². The quantitative estimate of drug-likeness (QED) is 0.887. The van der Waals surface area contributed by atoms with Gasteiger partial charge in [-0.15, -0.1) is 0 Å². The number of hydrogen-bond donors (Lipinski definition) is 2. The predicted molar refractivity (Wildman–Crippen MR) is 91.4 cm³/mol. The molecule has 0 radical (unpaired) electrons. The fraction of sp³-hybridized carbons (Fsp3) is 0.500. The normalized spacial score (nSPS) is 14.0. The Labute approximate surface area is 137 Å². The number of nitrogens with one attached hydrogen (secondary N) is 1. The van der Waals surface area contributed by atoms with E-state index in [9.17, 15) is 9.90 Å². The number of aryl methyl sites for hydroxylation is 1. The number of furan rings is 1. The van der Waals surface area contributed by atoms with Gasteiger partial charge >= 0.3 is 6.03 Å². The third-order valence-corrected chi connectivity index (χ3v) is 4.35. The second-order valence-corrected chi connectivity index (χ2v) is 6.40. The van der Waals surface area contributed by atoms with Gasteiger partial charge in [-0.05, 0) is 25.8 Å². The summed E-state index contributed by atoms with van der Waals surface area (Å²) in [6.07, 6.45) is 0. The number of amides is 2. The Morgan fingerprint density at radius 3 is 2.52 bits per heavy atom. The first-order valence-corrected chi connectivity index (χ1v) is 7.99. The van der Waals surface area contributed by atoms with Crippen LogP contribution in [0.5, 0.6) is 0 Å². The number of nitrogens with zero attached hydrogens (tertiary/aromatic N) is 1. The number of hydrogen-bond acceptors (Lipinski definition) is 3. The molecule has 0 aliphatic rings. The van der Waals surface area contributed by atoms with Crippen molar-refractivity contribution in [2.24, 2.45) is 5.92 Å². The maximum atomic E-state index is 12.4. The van der Waals surface area contributed by atoms with E-state index in [-0.39, 0.29) is 30.6 Å². The van der Waals surface area contributed by atoms with Crippen molar-refractivity contribution in [2.45, 2.75) is 39.8 Å². The van der Waals surface area contributed by atoms with Crippen LogP contribution in [0.3, 0.4) is 0 Å². The van der Waals surface area contributed by atoms with Gasteiger partial charge in [0.15, 0.2) is 0 Å². The molecule has 23 heavy (non-hydrogen) atoms. The molecular weight excluding hydrogens is 292 g/mol. The van der Waals surface area contributed by atoms with Crippen LogP contribution in [0.4, 0.5) is 4.79 Å². The van der Waals surface area contributed by atoms with Crippen molar-refractivity contribution in [2.75, 3.05) is 13.7 Å². The molecule has 0 saturated heterocycles. The molecule has 0 aliphatic carbocycles. The number of aliphatic hydroxyl groups is 1. The summed E-state index contributed by atoms with van der Waals surface area (Å²) < 4.78 is 6.01. The molecule has 5 nitrogen and oxygen atoms in total. The number of aliphatic hydroxyl groups excluding tert-OH is 1. The summed E-state index contributed by atoms with van der Waals surface area (Å²) in [5, 5.41) is 13.3. The van der Waals surface area contributed by atoms with Crippen LogP contribution in [-0.2, 0) is 0 Å². The maximum absolute atomic E-state index is 12.4. The van der Waals surface area contributed by atoms with Crippen LogP contribution in [0.2, 0.25) is 0 Å². The van der Waals surface area contributed by atoms with Gasteiger partial charge in [0, 0.05) is 18.0 Å². The number of carbonyl (C=O) groups excluding carboxylic acids is 1. The van der Waals surface area contributed by atoms with Crippen LogP contribution in [-0.4, -0.2) is 35.7 Å². The number of benzene rings is 1. The Bertz CT molecular complexity index is 678. The average Bonchev–Trinajstić information content (AvgIpc) is 2.87. The largest absolute Gasteiger partial charge is 0.459 e. The third kappa shape index (κ3) is 3.50. The summed E-state index contributed by atoms with van der Waals surface area (Å²) in [6, 6.07) is 7.21. The highest BCUT2D eigenvalue weighted by molar-refractivity contribution is 5.82. The van der Waals surface area contributed by atoms with Crippen LogP contribution in [0.1, 0.15) is 38.1 Å². The summed E-state index contributed by atoms with van der Waals surface area (Å²) >= 11 is 0. The second kappa shape index (κ2) is 7.04. The van der Waals surface area contributed by atoms with Crippen molar-refractivity contribution in [3.63, 3.8) is 0 Å². The number of carbonyl (C=O) groups is 1. The first-order chi connectivity index (χ1) is 10.9. The first kappa shape index (κ1) is 17.3. The topological polar surface area (TPSA) is 65.7 Å². The molecule has 2 rings (SSSR count). The van der Waals surface area contributed by atoms with E-state index in [1.54, 1.807) is 14.0 Å². The van der Waals surface area contributed by atoms with E-state index < -0.39 is 0 Å². The molecule has 126 valence electrons. The zero-order valence-corrected chi connectivity index (χ0v) is 14.5. The lowest BCUT2D eigenvalue weighted by Gasteiger charge is -2.28. The molecule has 5 heteroatoms. The second-order valence-electron chi connectivity index (χ2n) is 6.40. The monoisotopic (exact) mass is 318 g/mol. The zero-order valence-electron chi connectivity index (χ0n) is 14.5. The van der Waals surface area contributed by atoms with E-state index in [4.69, 9.17) is 4.42 Å². The molecule has 2 atom stereocenters. The Morgan fingerprint density at radius 1 is 1.30 bits per heavy atom. The smallest absolute Gasteiger partial charge is 0.318 e. The highest BCUT2D eigenvalue weighted by Gasteiger charge is 2.27. The lowest BCUT2D eigenvalue weighted by molar-refractivity contribution is 0.151. The lowest BCUT2D eigenvalue weighted by Crippen LogP contribution is -2.46. The molecule has 2 N–H and O–H groups in total. The molecule has 2 unspecified atom stereocenters. The van der Waals surface area contributed by atoms with E-state index in [2.05, 4.69) is 5.32 Å².